The number of fused-ring (bicyclic) bond motifs is 1. The molecule has 0 fully saturated rings. The second-order valence-corrected chi connectivity index (χ2v) is 3.65. The van der Waals surface area contributed by atoms with Gasteiger partial charge < -0.3 is 10.3 Å². The van der Waals surface area contributed by atoms with Crippen LogP contribution in [0.5, 0.6) is 0 Å². The molecule has 0 bridgehead atoms. The molecule has 1 aliphatic heterocycles. The Kier molecular flexibility index (Phi) is 1.85. The highest BCUT2D eigenvalue weighted by Gasteiger charge is 2.03. The molecule has 0 radical (unpaired) electrons. The SMILES string of the molecule is C1=c2[nH]cc(-c3ccccc3)c2=CCN1. The molecular weight excluding hydrogens is 184 g/mol. The van der Waals surface area contributed by atoms with Crippen molar-refractivity contribution in [3.8, 4) is 11.1 Å². The van der Waals surface area contributed by atoms with Crippen LogP contribution in [0.3, 0.4) is 0 Å². The Bertz CT molecular complexity index is 579. The molecule has 3 rings (SSSR count). The Morgan fingerprint density at radius 3 is 2.80 bits per heavy atom. The monoisotopic (exact) mass is 196 g/mol. The van der Waals surface area contributed by atoms with Crippen LogP contribution >= 0.6 is 0 Å². The fourth-order valence-corrected chi connectivity index (χ4v) is 1.97. The third-order valence-corrected chi connectivity index (χ3v) is 2.71. The van der Waals surface area contributed by atoms with E-state index in [1.165, 1.54) is 21.7 Å². The maximum atomic E-state index is 3.28. The van der Waals surface area contributed by atoms with Gasteiger partial charge in [0.05, 0.1) is 5.35 Å². The minimum absolute atomic E-state index is 0.907. The Morgan fingerprint density at radius 1 is 1.07 bits per heavy atom. The minimum atomic E-state index is 0.907. The van der Waals surface area contributed by atoms with Crippen molar-refractivity contribution >= 4 is 12.3 Å². The summed E-state index contributed by atoms with van der Waals surface area (Å²) < 4.78 is 0. The summed E-state index contributed by atoms with van der Waals surface area (Å²) in [5, 5.41) is 5.67. The first-order valence-corrected chi connectivity index (χ1v) is 5.12. The highest BCUT2D eigenvalue weighted by atomic mass is 14.8. The fourth-order valence-electron chi connectivity index (χ4n) is 1.97. The van der Waals surface area contributed by atoms with Gasteiger partial charge in [0.1, 0.15) is 0 Å². The van der Waals surface area contributed by atoms with E-state index < -0.39 is 0 Å². The van der Waals surface area contributed by atoms with Crippen LogP contribution in [0.15, 0.2) is 36.5 Å². The zero-order chi connectivity index (χ0) is 10.1. The molecular formula is C13H12N2. The molecule has 0 amide bonds. The number of H-pyrrole nitrogens is 1. The number of hydrogen-bond acceptors (Lipinski definition) is 1. The van der Waals surface area contributed by atoms with Crippen LogP contribution in [0.25, 0.3) is 23.4 Å². The lowest BCUT2D eigenvalue weighted by Gasteiger charge is -2.01. The molecule has 1 aromatic carbocycles. The van der Waals surface area contributed by atoms with Crippen molar-refractivity contribution in [2.45, 2.75) is 0 Å². The zero-order valence-corrected chi connectivity index (χ0v) is 8.33. The summed E-state index contributed by atoms with van der Waals surface area (Å²) in [4.78, 5) is 3.28. The molecule has 2 heterocycles. The molecule has 0 unspecified atom stereocenters. The Balaban J connectivity index is 2.28. The Morgan fingerprint density at radius 2 is 1.93 bits per heavy atom. The first kappa shape index (κ1) is 8.36. The summed E-state index contributed by atoms with van der Waals surface area (Å²) in [6.45, 7) is 0.907. The smallest absolute Gasteiger partial charge is 0.0617 e. The first-order valence-electron chi connectivity index (χ1n) is 5.12. The fraction of sp³-hybridized carbons (Fsp3) is 0.0769. The highest BCUT2D eigenvalue weighted by molar-refractivity contribution is 5.65. The van der Waals surface area contributed by atoms with Crippen molar-refractivity contribution in [1.82, 2.24) is 10.3 Å². The van der Waals surface area contributed by atoms with Gasteiger partial charge in [-0.3, -0.25) is 0 Å². The van der Waals surface area contributed by atoms with Crippen LogP contribution in [-0.2, 0) is 0 Å². The number of aromatic amines is 1. The predicted molar refractivity (Wildman–Crippen MR) is 62.4 cm³/mol. The van der Waals surface area contributed by atoms with Gasteiger partial charge in [-0.25, -0.2) is 0 Å². The quantitative estimate of drug-likeness (QED) is 0.694. The van der Waals surface area contributed by atoms with Crippen LogP contribution in [0.2, 0.25) is 0 Å². The van der Waals surface area contributed by atoms with Crippen molar-refractivity contribution in [2.24, 2.45) is 0 Å². The third-order valence-electron chi connectivity index (χ3n) is 2.71. The highest BCUT2D eigenvalue weighted by Crippen LogP contribution is 2.12. The first-order chi connectivity index (χ1) is 7.45. The second-order valence-electron chi connectivity index (χ2n) is 3.65. The van der Waals surface area contributed by atoms with Gasteiger partial charge in [-0.1, -0.05) is 36.4 Å². The van der Waals surface area contributed by atoms with E-state index >= 15 is 0 Å². The van der Waals surface area contributed by atoms with E-state index in [1.54, 1.807) is 0 Å². The van der Waals surface area contributed by atoms with E-state index in [9.17, 15) is 0 Å². The molecule has 0 saturated carbocycles. The summed E-state index contributed by atoms with van der Waals surface area (Å²) in [6.07, 6.45) is 6.32. The topological polar surface area (TPSA) is 27.8 Å². The maximum Gasteiger partial charge on any atom is 0.0617 e. The summed E-state index contributed by atoms with van der Waals surface area (Å²) in [5.74, 6) is 0. The van der Waals surface area contributed by atoms with Gasteiger partial charge in [0.25, 0.3) is 0 Å². The molecule has 2 aromatic rings. The summed E-state index contributed by atoms with van der Waals surface area (Å²) in [6, 6.07) is 10.5. The van der Waals surface area contributed by atoms with Crippen molar-refractivity contribution < 1.29 is 0 Å². The van der Waals surface area contributed by atoms with Crippen LogP contribution < -0.4 is 15.9 Å². The van der Waals surface area contributed by atoms with Crippen molar-refractivity contribution in [2.75, 3.05) is 6.54 Å². The number of aromatic nitrogens is 1. The van der Waals surface area contributed by atoms with Gasteiger partial charge in [0, 0.05) is 29.7 Å². The molecule has 0 saturated heterocycles. The number of rotatable bonds is 1. The maximum absolute atomic E-state index is 3.28. The number of benzene rings is 1. The molecule has 2 nitrogen and oxygen atoms in total. The molecule has 2 N–H and O–H groups in total. The summed E-state index contributed by atoms with van der Waals surface area (Å²) in [5.41, 5.74) is 2.55. The van der Waals surface area contributed by atoms with Gasteiger partial charge in [-0.05, 0) is 5.56 Å². The minimum Gasteiger partial charge on any atom is -0.386 e. The summed E-state index contributed by atoms with van der Waals surface area (Å²) in [7, 11) is 0. The summed E-state index contributed by atoms with van der Waals surface area (Å²) >= 11 is 0. The zero-order valence-electron chi connectivity index (χ0n) is 8.33. The largest absolute Gasteiger partial charge is 0.386 e. The molecule has 15 heavy (non-hydrogen) atoms. The van der Waals surface area contributed by atoms with Crippen LogP contribution in [0, 0.1) is 0 Å². The average Bonchev–Trinajstić information content (AvgIpc) is 2.74. The van der Waals surface area contributed by atoms with Gasteiger partial charge in [-0.15, -0.1) is 0 Å². The van der Waals surface area contributed by atoms with Crippen LogP contribution in [0.4, 0.5) is 0 Å². The number of nitrogens with one attached hydrogen (secondary N) is 2. The van der Waals surface area contributed by atoms with Crippen molar-refractivity contribution in [1.29, 1.82) is 0 Å². The average molecular weight is 196 g/mol. The van der Waals surface area contributed by atoms with Gasteiger partial charge in [-0.2, -0.15) is 0 Å². The molecule has 0 spiro atoms. The van der Waals surface area contributed by atoms with E-state index in [0.717, 1.165) is 6.54 Å². The van der Waals surface area contributed by atoms with E-state index in [0.29, 0.717) is 0 Å². The van der Waals surface area contributed by atoms with Gasteiger partial charge in [0.15, 0.2) is 0 Å². The van der Waals surface area contributed by atoms with Gasteiger partial charge >= 0.3 is 0 Å². The number of hydrogen-bond donors (Lipinski definition) is 2. The lowest BCUT2D eigenvalue weighted by molar-refractivity contribution is 1.04. The van der Waals surface area contributed by atoms with Crippen molar-refractivity contribution in [3.05, 3.63) is 47.1 Å². The lowest BCUT2D eigenvalue weighted by atomic mass is 10.1. The molecule has 1 aromatic heterocycles. The molecule has 0 aliphatic carbocycles. The van der Waals surface area contributed by atoms with E-state index in [4.69, 9.17) is 0 Å². The standard InChI is InChI=1S/C13H12N2/c1-2-4-10(5-3-1)12-8-15-13-9-14-7-6-11(12)13/h1-6,8-9,14-15H,7H2. The van der Waals surface area contributed by atoms with E-state index in [2.05, 4.69) is 46.8 Å². The van der Waals surface area contributed by atoms with Gasteiger partial charge in [0.2, 0.25) is 0 Å². The van der Waals surface area contributed by atoms with E-state index in [1.807, 2.05) is 12.3 Å². The Hall–Kier alpha value is -1.96. The van der Waals surface area contributed by atoms with E-state index in [-0.39, 0.29) is 0 Å². The second kappa shape index (κ2) is 3.31. The predicted octanol–water partition coefficient (Wildman–Crippen LogP) is 0.803. The molecule has 1 aliphatic rings. The Labute approximate surface area is 88.0 Å². The molecule has 74 valence electrons. The third kappa shape index (κ3) is 1.34. The lowest BCUT2D eigenvalue weighted by Crippen LogP contribution is -2.32. The molecule has 0 atom stereocenters. The van der Waals surface area contributed by atoms with Crippen molar-refractivity contribution in [3.63, 3.8) is 0 Å². The van der Waals surface area contributed by atoms with Crippen LogP contribution in [-0.4, -0.2) is 11.5 Å². The normalized spacial score (nSPS) is 13.3. The molecule has 2 heteroatoms. The van der Waals surface area contributed by atoms with Crippen LogP contribution in [0.1, 0.15) is 0 Å².